The number of carboxylic acids is 1. The number of benzene rings is 1. The Morgan fingerprint density at radius 2 is 1.59 bits per heavy atom. The molecular formula is C24H27F3N4O8. The topological polar surface area (TPSA) is 184 Å². The molecular weight excluding hydrogens is 529 g/mol. The zero-order valence-corrected chi connectivity index (χ0v) is 21.3. The van der Waals surface area contributed by atoms with Crippen molar-refractivity contribution in [2.45, 2.75) is 58.4 Å². The number of halogens is 3. The number of amides is 4. The second kappa shape index (κ2) is 12.4. The van der Waals surface area contributed by atoms with E-state index in [0.717, 1.165) is 12.1 Å². The highest BCUT2D eigenvalue weighted by Crippen LogP contribution is 2.29. The van der Waals surface area contributed by atoms with Gasteiger partial charge in [0.2, 0.25) is 23.6 Å². The maximum atomic E-state index is 12.9. The van der Waals surface area contributed by atoms with Crippen LogP contribution in [0.2, 0.25) is 0 Å². The predicted molar refractivity (Wildman–Crippen MR) is 130 cm³/mol. The fourth-order valence-corrected chi connectivity index (χ4v) is 3.42. The van der Waals surface area contributed by atoms with Crippen LogP contribution in [0.3, 0.4) is 0 Å². The molecule has 0 unspecified atom stereocenters. The van der Waals surface area contributed by atoms with Crippen molar-refractivity contribution in [1.29, 1.82) is 0 Å². The van der Waals surface area contributed by atoms with E-state index in [1.807, 2.05) is 0 Å². The molecule has 1 aromatic carbocycles. The minimum atomic E-state index is -4.93. The highest BCUT2D eigenvalue weighted by atomic mass is 19.4. The van der Waals surface area contributed by atoms with E-state index in [0.29, 0.717) is 6.07 Å². The van der Waals surface area contributed by atoms with E-state index in [1.54, 1.807) is 13.8 Å². The smallest absolute Gasteiger partial charge is 0.423 e. The molecule has 2 rings (SSSR count). The van der Waals surface area contributed by atoms with Gasteiger partial charge in [0.05, 0.1) is 6.42 Å². The van der Waals surface area contributed by atoms with E-state index < -0.39 is 71.5 Å². The molecule has 0 aliphatic heterocycles. The van der Waals surface area contributed by atoms with Gasteiger partial charge in [-0.05, 0) is 31.0 Å². The summed E-state index contributed by atoms with van der Waals surface area (Å²) in [5.74, 6) is -4.81. The van der Waals surface area contributed by atoms with Gasteiger partial charge in [0.25, 0.3) is 0 Å². The number of rotatable bonds is 10. The molecule has 0 bridgehead atoms. The quantitative estimate of drug-likeness (QED) is 0.272. The number of carbonyl (C=O) groups excluding carboxylic acids is 4. The Bertz CT molecular complexity index is 1340. The van der Waals surface area contributed by atoms with Gasteiger partial charge in [0.1, 0.15) is 29.3 Å². The summed E-state index contributed by atoms with van der Waals surface area (Å²) < 4.78 is 43.5. The van der Waals surface area contributed by atoms with Crippen LogP contribution in [0, 0.1) is 5.92 Å². The zero-order chi connectivity index (χ0) is 29.7. The molecule has 3 atom stereocenters. The lowest BCUT2D eigenvalue weighted by Crippen LogP contribution is -2.56. The number of aliphatic carboxylic acids is 1. The third kappa shape index (κ3) is 8.55. The van der Waals surface area contributed by atoms with Crippen molar-refractivity contribution in [2.24, 2.45) is 5.92 Å². The lowest BCUT2D eigenvalue weighted by Gasteiger charge is -2.24. The molecule has 0 saturated heterocycles. The van der Waals surface area contributed by atoms with Crippen molar-refractivity contribution in [3.05, 3.63) is 40.2 Å². The Labute approximate surface area is 219 Å². The second-order valence-corrected chi connectivity index (χ2v) is 9.00. The lowest BCUT2D eigenvalue weighted by molar-refractivity contribution is -0.140. The Hall–Kier alpha value is -4.43. The van der Waals surface area contributed by atoms with E-state index in [4.69, 9.17) is 4.42 Å². The molecule has 4 amide bonds. The normalized spacial score (nSPS) is 13.7. The SMILES string of the molecule is CC(=O)N[C@H](C(=O)N[C@@H](C)C(=O)N[C@@H](CC(=O)O)C(=O)Nc1ccc2cc(C(F)(F)F)c(=O)oc2c1)C(C)C. The van der Waals surface area contributed by atoms with Crippen LogP contribution in [0.4, 0.5) is 18.9 Å². The van der Waals surface area contributed by atoms with E-state index in [9.17, 15) is 47.0 Å². The standard InChI is InChI=1S/C24H27F3N4O8/c1-10(2)19(29-12(4)32)22(37)28-11(3)20(35)31-16(9-18(33)34)21(36)30-14-6-5-13-7-15(24(25,26)27)23(38)39-17(13)8-14/h5-8,10-11,16,19H,9H2,1-4H3,(H,28,37)(H,29,32)(H,30,36)(H,31,35)(H,33,34)/t11-,16-,19-/m0/s1. The summed E-state index contributed by atoms with van der Waals surface area (Å²) in [5.41, 5.74) is -3.48. The summed E-state index contributed by atoms with van der Waals surface area (Å²) in [6, 6.07) is 0.186. The van der Waals surface area contributed by atoms with Crippen LogP contribution in [-0.4, -0.2) is 52.8 Å². The van der Waals surface area contributed by atoms with Gasteiger partial charge in [0, 0.05) is 24.1 Å². The molecule has 0 saturated carbocycles. The first kappa shape index (κ1) is 30.8. The summed E-state index contributed by atoms with van der Waals surface area (Å²) in [6.07, 6.45) is -5.78. The summed E-state index contributed by atoms with van der Waals surface area (Å²) in [4.78, 5) is 72.3. The van der Waals surface area contributed by atoms with Crippen molar-refractivity contribution in [3.8, 4) is 0 Å². The lowest BCUT2D eigenvalue weighted by atomic mass is 10.0. The van der Waals surface area contributed by atoms with E-state index in [-0.39, 0.29) is 22.6 Å². The highest BCUT2D eigenvalue weighted by Gasteiger charge is 2.35. The number of anilines is 1. The fourth-order valence-electron chi connectivity index (χ4n) is 3.42. The number of carboxylic acid groups (broad SMARTS) is 1. The zero-order valence-electron chi connectivity index (χ0n) is 21.3. The number of alkyl halides is 3. The Morgan fingerprint density at radius 3 is 2.13 bits per heavy atom. The third-order valence-corrected chi connectivity index (χ3v) is 5.38. The maximum absolute atomic E-state index is 12.9. The van der Waals surface area contributed by atoms with Crippen molar-refractivity contribution < 1.29 is 46.7 Å². The first-order valence-corrected chi connectivity index (χ1v) is 11.5. The predicted octanol–water partition coefficient (Wildman–Crippen LogP) is 1.38. The third-order valence-electron chi connectivity index (χ3n) is 5.38. The van der Waals surface area contributed by atoms with E-state index >= 15 is 0 Å². The number of nitrogens with one attached hydrogen (secondary N) is 4. The Balaban J connectivity index is 2.17. The van der Waals surface area contributed by atoms with Crippen molar-refractivity contribution >= 4 is 46.3 Å². The summed E-state index contributed by atoms with van der Waals surface area (Å²) in [7, 11) is 0. The number of fused-ring (bicyclic) bond motifs is 1. The van der Waals surface area contributed by atoms with Gasteiger partial charge in [0.15, 0.2) is 0 Å². The summed E-state index contributed by atoms with van der Waals surface area (Å²) >= 11 is 0. The molecule has 1 aromatic heterocycles. The molecule has 15 heteroatoms. The van der Waals surface area contributed by atoms with Gasteiger partial charge in [-0.2, -0.15) is 13.2 Å². The molecule has 2 aromatic rings. The van der Waals surface area contributed by atoms with Crippen LogP contribution in [0.25, 0.3) is 11.0 Å². The van der Waals surface area contributed by atoms with Gasteiger partial charge in [-0.3, -0.25) is 24.0 Å². The van der Waals surface area contributed by atoms with E-state index in [2.05, 4.69) is 21.3 Å². The molecule has 0 aliphatic carbocycles. The molecule has 0 aliphatic rings. The average molecular weight is 556 g/mol. The van der Waals surface area contributed by atoms with Crippen LogP contribution in [0.15, 0.2) is 33.5 Å². The first-order chi connectivity index (χ1) is 18.0. The average Bonchev–Trinajstić information content (AvgIpc) is 2.80. The van der Waals surface area contributed by atoms with Gasteiger partial charge in [-0.1, -0.05) is 13.8 Å². The Morgan fingerprint density at radius 1 is 0.949 bits per heavy atom. The number of hydrogen-bond donors (Lipinski definition) is 5. The van der Waals surface area contributed by atoms with Gasteiger partial charge in [-0.15, -0.1) is 0 Å². The minimum Gasteiger partial charge on any atom is -0.481 e. The first-order valence-electron chi connectivity index (χ1n) is 11.5. The van der Waals surface area contributed by atoms with E-state index in [1.165, 1.54) is 19.9 Å². The molecule has 39 heavy (non-hydrogen) atoms. The van der Waals surface area contributed by atoms with Crippen molar-refractivity contribution in [1.82, 2.24) is 16.0 Å². The Kier molecular flexibility index (Phi) is 9.80. The number of carbonyl (C=O) groups is 5. The van der Waals surface area contributed by atoms with Crippen molar-refractivity contribution in [3.63, 3.8) is 0 Å². The maximum Gasteiger partial charge on any atom is 0.423 e. The van der Waals surface area contributed by atoms with Crippen LogP contribution in [0.1, 0.15) is 39.7 Å². The van der Waals surface area contributed by atoms with Crippen LogP contribution < -0.4 is 26.9 Å². The largest absolute Gasteiger partial charge is 0.481 e. The van der Waals surface area contributed by atoms with Gasteiger partial charge >= 0.3 is 17.8 Å². The molecule has 0 radical (unpaired) electrons. The van der Waals surface area contributed by atoms with Crippen LogP contribution in [-0.2, 0) is 30.1 Å². The second-order valence-electron chi connectivity index (χ2n) is 9.00. The van der Waals surface area contributed by atoms with Crippen LogP contribution >= 0.6 is 0 Å². The minimum absolute atomic E-state index is 0.0588. The fraction of sp³-hybridized carbons (Fsp3) is 0.417. The summed E-state index contributed by atoms with van der Waals surface area (Å²) in [6.45, 7) is 5.85. The van der Waals surface area contributed by atoms with Crippen LogP contribution in [0.5, 0.6) is 0 Å². The summed E-state index contributed by atoms with van der Waals surface area (Å²) in [5, 5.41) is 18.5. The number of hydrogen-bond acceptors (Lipinski definition) is 7. The van der Waals surface area contributed by atoms with Crippen molar-refractivity contribution in [2.75, 3.05) is 5.32 Å². The van der Waals surface area contributed by atoms with Gasteiger partial charge < -0.3 is 30.8 Å². The molecule has 212 valence electrons. The molecule has 1 heterocycles. The molecule has 5 N–H and O–H groups in total. The highest BCUT2D eigenvalue weighted by molar-refractivity contribution is 6.01. The monoisotopic (exact) mass is 556 g/mol. The molecule has 0 spiro atoms. The molecule has 0 fully saturated rings. The van der Waals surface area contributed by atoms with Gasteiger partial charge in [-0.25, -0.2) is 4.79 Å². The molecule has 12 nitrogen and oxygen atoms in total.